The van der Waals surface area contributed by atoms with Gasteiger partial charge in [-0.15, -0.1) is 0 Å². The average Bonchev–Trinajstić information content (AvgIpc) is 2.75. The zero-order chi connectivity index (χ0) is 21.0. The molecule has 4 rings (SSSR count). The molecule has 0 spiro atoms. The van der Waals surface area contributed by atoms with Crippen molar-refractivity contribution < 1.29 is 13.2 Å². The van der Waals surface area contributed by atoms with E-state index in [9.17, 15) is 8.42 Å². The molecule has 0 amide bonds. The third-order valence-corrected chi connectivity index (χ3v) is 7.23. The summed E-state index contributed by atoms with van der Waals surface area (Å²) in [6, 6.07) is 24.0. The van der Waals surface area contributed by atoms with Crippen LogP contribution >= 0.6 is 11.6 Å². The minimum absolute atomic E-state index is 0.283. The summed E-state index contributed by atoms with van der Waals surface area (Å²) >= 11 is 5.88. The lowest BCUT2D eigenvalue weighted by Gasteiger charge is -2.34. The lowest BCUT2D eigenvalue weighted by Crippen LogP contribution is -2.48. The first-order valence-corrected chi connectivity index (χ1v) is 11.6. The fraction of sp³-hybridized carbons (Fsp3) is 0.217. The summed E-state index contributed by atoms with van der Waals surface area (Å²) in [6.45, 7) is 3.03. The zero-order valence-corrected chi connectivity index (χ0v) is 18.0. The molecule has 7 heteroatoms. The van der Waals surface area contributed by atoms with Gasteiger partial charge in [-0.05, 0) is 54.1 Å². The van der Waals surface area contributed by atoms with E-state index in [0.29, 0.717) is 31.2 Å². The highest BCUT2D eigenvalue weighted by molar-refractivity contribution is 7.89. The molecular weight excluding hydrogens is 420 g/mol. The highest BCUT2D eigenvalue weighted by atomic mass is 35.5. The van der Waals surface area contributed by atoms with Gasteiger partial charge in [-0.25, -0.2) is 8.42 Å². The third-order valence-electron chi connectivity index (χ3n) is 5.07. The van der Waals surface area contributed by atoms with Gasteiger partial charge in [0.25, 0.3) is 0 Å². The average molecular weight is 443 g/mol. The normalized spacial score (nSPS) is 15.8. The topological polar surface area (TPSA) is 49.9 Å². The number of hydrogen-bond donors (Lipinski definition) is 0. The standard InChI is InChI=1S/C23H23ClN2O3S/c24-20-9-11-23(12-10-20)30(27,28)26-15-13-25(14-16-26)18-19-5-4-8-22(17-19)29-21-6-2-1-3-7-21/h1-12,17H,13-16,18H2. The molecule has 0 aromatic heterocycles. The van der Waals surface area contributed by atoms with Crippen molar-refractivity contribution in [3.63, 3.8) is 0 Å². The van der Waals surface area contributed by atoms with Crippen LogP contribution in [0.15, 0.2) is 83.8 Å². The molecule has 1 aliphatic heterocycles. The van der Waals surface area contributed by atoms with E-state index >= 15 is 0 Å². The molecule has 0 aliphatic carbocycles. The lowest BCUT2D eigenvalue weighted by atomic mass is 10.2. The number of nitrogens with zero attached hydrogens (tertiary/aromatic N) is 2. The van der Waals surface area contributed by atoms with Gasteiger partial charge in [0.05, 0.1) is 4.90 Å². The number of benzene rings is 3. The molecule has 0 atom stereocenters. The Balaban J connectivity index is 1.36. The van der Waals surface area contributed by atoms with Crippen molar-refractivity contribution in [3.8, 4) is 11.5 Å². The fourth-order valence-electron chi connectivity index (χ4n) is 3.47. The largest absolute Gasteiger partial charge is 0.457 e. The second-order valence-electron chi connectivity index (χ2n) is 7.20. The van der Waals surface area contributed by atoms with Crippen LogP contribution in [-0.2, 0) is 16.6 Å². The van der Waals surface area contributed by atoms with Crippen LogP contribution in [0, 0.1) is 0 Å². The van der Waals surface area contributed by atoms with Crippen molar-refractivity contribution in [3.05, 3.63) is 89.4 Å². The fourth-order valence-corrected chi connectivity index (χ4v) is 5.02. The van der Waals surface area contributed by atoms with Gasteiger partial charge in [0, 0.05) is 37.7 Å². The monoisotopic (exact) mass is 442 g/mol. The second-order valence-corrected chi connectivity index (χ2v) is 9.57. The van der Waals surface area contributed by atoms with Crippen LogP contribution in [0.3, 0.4) is 0 Å². The summed E-state index contributed by atoms with van der Waals surface area (Å²) in [5.74, 6) is 1.60. The van der Waals surface area contributed by atoms with Gasteiger partial charge in [0.2, 0.25) is 10.0 Å². The molecule has 3 aromatic carbocycles. The van der Waals surface area contributed by atoms with Gasteiger partial charge in [-0.3, -0.25) is 4.90 Å². The molecule has 0 saturated carbocycles. The summed E-state index contributed by atoms with van der Waals surface area (Å²) in [6.07, 6.45) is 0. The molecule has 1 fully saturated rings. The van der Waals surface area contributed by atoms with Crippen molar-refractivity contribution in [2.45, 2.75) is 11.4 Å². The third kappa shape index (κ3) is 5.02. The molecule has 5 nitrogen and oxygen atoms in total. The van der Waals surface area contributed by atoms with Crippen LogP contribution < -0.4 is 4.74 Å². The molecule has 1 heterocycles. The summed E-state index contributed by atoms with van der Waals surface area (Å²) in [5, 5.41) is 0.525. The number of para-hydroxylation sites is 1. The Bertz CT molecular complexity index is 1080. The quantitative estimate of drug-likeness (QED) is 0.558. The van der Waals surface area contributed by atoms with E-state index in [2.05, 4.69) is 11.0 Å². The Morgan fingerprint density at radius 2 is 1.47 bits per heavy atom. The van der Waals surface area contributed by atoms with Crippen molar-refractivity contribution in [2.75, 3.05) is 26.2 Å². The first-order chi connectivity index (χ1) is 14.5. The molecule has 0 bridgehead atoms. The number of halogens is 1. The van der Waals surface area contributed by atoms with Crippen LogP contribution in [0.4, 0.5) is 0 Å². The Labute approximate surface area is 182 Å². The summed E-state index contributed by atoms with van der Waals surface area (Å²) in [7, 11) is -3.49. The number of hydrogen-bond acceptors (Lipinski definition) is 4. The van der Waals surface area contributed by atoms with Crippen molar-refractivity contribution in [2.24, 2.45) is 0 Å². The number of ether oxygens (including phenoxy) is 1. The van der Waals surface area contributed by atoms with Crippen LogP contribution in [-0.4, -0.2) is 43.8 Å². The summed E-state index contributed by atoms with van der Waals surface area (Å²) < 4.78 is 33.1. The number of rotatable bonds is 6. The molecule has 1 saturated heterocycles. The second kappa shape index (κ2) is 9.18. The van der Waals surface area contributed by atoms with Gasteiger partial charge in [0.1, 0.15) is 11.5 Å². The Kier molecular flexibility index (Phi) is 6.39. The maximum absolute atomic E-state index is 12.8. The van der Waals surface area contributed by atoms with Crippen LogP contribution in [0.1, 0.15) is 5.56 Å². The minimum Gasteiger partial charge on any atom is -0.457 e. The summed E-state index contributed by atoms with van der Waals surface area (Å²) in [5.41, 5.74) is 1.14. The Morgan fingerprint density at radius 3 is 2.17 bits per heavy atom. The van der Waals surface area contributed by atoms with Gasteiger partial charge < -0.3 is 4.74 Å². The molecule has 3 aromatic rings. The molecular formula is C23H23ClN2O3S. The van der Waals surface area contributed by atoms with E-state index in [1.165, 1.54) is 0 Å². The SMILES string of the molecule is O=S(=O)(c1ccc(Cl)cc1)N1CCN(Cc2cccc(Oc3ccccc3)c2)CC1. The highest BCUT2D eigenvalue weighted by Crippen LogP contribution is 2.24. The number of piperazine rings is 1. The maximum atomic E-state index is 12.8. The predicted molar refractivity (Wildman–Crippen MR) is 118 cm³/mol. The van der Waals surface area contributed by atoms with Gasteiger partial charge in [-0.2, -0.15) is 4.31 Å². The van der Waals surface area contributed by atoms with E-state index in [-0.39, 0.29) is 4.90 Å². The summed E-state index contributed by atoms with van der Waals surface area (Å²) in [4.78, 5) is 2.54. The first kappa shape index (κ1) is 20.9. The van der Waals surface area contributed by atoms with E-state index in [4.69, 9.17) is 16.3 Å². The van der Waals surface area contributed by atoms with Gasteiger partial charge in [-0.1, -0.05) is 41.9 Å². The van der Waals surface area contributed by atoms with E-state index in [0.717, 1.165) is 23.6 Å². The zero-order valence-electron chi connectivity index (χ0n) is 16.4. The minimum atomic E-state index is -3.49. The van der Waals surface area contributed by atoms with Crippen LogP contribution in [0.25, 0.3) is 0 Å². The van der Waals surface area contributed by atoms with Crippen molar-refractivity contribution in [1.82, 2.24) is 9.21 Å². The maximum Gasteiger partial charge on any atom is 0.243 e. The van der Waals surface area contributed by atoms with E-state index < -0.39 is 10.0 Å². The van der Waals surface area contributed by atoms with Crippen LogP contribution in [0.2, 0.25) is 5.02 Å². The molecule has 156 valence electrons. The Morgan fingerprint density at radius 1 is 0.800 bits per heavy atom. The van der Waals surface area contributed by atoms with Crippen LogP contribution in [0.5, 0.6) is 11.5 Å². The van der Waals surface area contributed by atoms with Crippen molar-refractivity contribution in [1.29, 1.82) is 0 Å². The smallest absolute Gasteiger partial charge is 0.243 e. The Hall–Kier alpha value is -2.38. The lowest BCUT2D eigenvalue weighted by molar-refractivity contribution is 0.181. The first-order valence-electron chi connectivity index (χ1n) is 9.81. The van der Waals surface area contributed by atoms with E-state index in [1.54, 1.807) is 28.6 Å². The van der Waals surface area contributed by atoms with Crippen molar-refractivity contribution >= 4 is 21.6 Å². The van der Waals surface area contributed by atoms with Gasteiger partial charge >= 0.3 is 0 Å². The molecule has 0 unspecified atom stereocenters. The van der Waals surface area contributed by atoms with Gasteiger partial charge in [0.15, 0.2) is 0 Å². The number of sulfonamides is 1. The molecule has 30 heavy (non-hydrogen) atoms. The molecule has 1 aliphatic rings. The van der Waals surface area contributed by atoms with E-state index in [1.807, 2.05) is 48.5 Å². The predicted octanol–water partition coefficient (Wildman–Crippen LogP) is 4.64. The highest BCUT2D eigenvalue weighted by Gasteiger charge is 2.28. The molecule has 0 radical (unpaired) electrons. The molecule has 0 N–H and O–H groups in total.